The van der Waals surface area contributed by atoms with Crippen molar-refractivity contribution in [2.24, 2.45) is 5.92 Å². The monoisotopic (exact) mass is 310 g/mol. The second-order valence-corrected chi connectivity index (χ2v) is 7.05. The highest BCUT2D eigenvalue weighted by molar-refractivity contribution is 5.75. The third-order valence-corrected chi connectivity index (χ3v) is 5.43. The standard InChI is InChI=1S/C17H30N2O3/c1-13-11-14-5-2-3-7-16(14)19(13)17(20)18-8-10-21-12-15-6-4-9-22-15/h13-16H,2-12H2,1H3,(H,18,20)/t13-,14+,15-,16+/m1/s1. The van der Waals surface area contributed by atoms with Gasteiger partial charge in [0.15, 0.2) is 0 Å². The highest BCUT2D eigenvalue weighted by Crippen LogP contribution is 2.39. The molecule has 3 rings (SSSR count). The van der Waals surface area contributed by atoms with Gasteiger partial charge in [-0.1, -0.05) is 12.8 Å². The molecule has 2 aliphatic heterocycles. The minimum atomic E-state index is 0.0996. The van der Waals surface area contributed by atoms with Crippen molar-refractivity contribution < 1.29 is 14.3 Å². The first-order valence-corrected chi connectivity index (χ1v) is 9.01. The maximum atomic E-state index is 12.5. The van der Waals surface area contributed by atoms with Crippen molar-refractivity contribution in [3.05, 3.63) is 0 Å². The lowest BCUT2D eigenvalue weighted by molar-refractivity contribution is 0.0184. The number of carbonyl (C=O) groups is 1. The molecular formula is C17H30N2O3. The number of rotatable bonds is 5. The first kappa shape index (κ1) is 16.1. The first-order chi connectivity index (χ1) is 10.8. The molecule has 2 heterocycles. The van der Waals surface area contributed by atoms with Crippen LogP contribution in [0.2, 0.25) is 0 Å². The number of nitrogens with zero attached hydrogens (tertiary/aromatic N) is 1. The summed E-state index contributed by atoms with van der Waals surface area (Å²) in [5, 5.41) is 3.03. The van der Waals surface area contributed by atoms with Gasteiger partial charge in [-0.25, -0.2) is 4.79 Å². The van der Waals surface area contributed by atoms with Crippen molar-refractivity contribution in [1.29, 1.82) is 0 Å². The number of hydrogen-bond acceptors (Lipinski definition) is 3. The molecule has 0 bridgehead atoms. The third-order valence-electron chi connectivity index (χ3n) is 5.43. The minimum absolute atomic E-state index is 0.0996. The van der Waals surface area contributed by atoms with Crippen LogP contribution < -0.4 is 5.32 Å². The normalized spacial score (nSPS) is 34.7. The Kier molecular flexibility index (Phi) is 5.58. The van der Waals surface area contributed by atoms with E-state index in [2.05, 4.69) is 17.1 Å². The number of likely N-dealkylation sites (tertiary alicyclic amines) is 1. The molecule has 0 aromatic rings. The SMILES string of the molecule is C[C@@H]1C[C@@H]2CCCC[C@@H]2N1C(=O)NCCOC[C@H]1CCCO1. The highest BCUT2D eigenvalue weighted by atomic mass is 16.5. The van der Waals surface area contributed by atoms with Crippen molar-refractivity contribution in [1.82, 2.24) is 10.2 Å². The number of fused-ring (bicyclic) bond motifs is 1. The minimum Gasteiger partial charge on any atom is -0.377 e. The zero-order valence-corrected chi connectivity index (χ0v) is 13.8. The Morgan fingerprint density at radius 1 is 1.27 bits per heavy atom. The lowest BCUT2D eigenvalue weighted by Crippen LogP contribution is -2.48. The second kappa shape index (κ2) is 7.64. The molecule has 126 valence electrons. The molecule has 0 aromatic heterocycles. The van der Waals surface area contributed by atoms with E-state index in [1.807, 2.05) is 0 Å². The first-order valence-electron chi connectivity index (χ1n) is 9.01. The lowest BCUT2D eigenvalue weighted by atomic mass is 9.85. The third kappa shape index (κ3) is 3.74. The molecule has 3 aliphatic rings. The molecule has 4 atom stereocenters. The number of amides is 2. The summed E-state index contributed by atoms with van der Waals surface area (Å²) in [7, 11) is 0. The second-order valence-electron chi connectivity index (χ2n) is 7.05. The molecule has 1 aliphatic carbocycles. The Labute approximate surface area is 133 Å². The summed E-state index contributed by atoms with van der Waals surface area (Å²) in [4.78, 5) is 14.6. The van der Waals surface area contributed by atoms with Gasteiger partial charge in [0, 0.05) is 25.2 Å². The summed E-state index contributed by atoms with van der Waals surface area (Å²) in [6, 6.07) is 0.945. The Morgan fingerprint density at radius 2 is 2.14 bits per heavy atom. The fourth-order valence-electron chi connectivity index (χ4n) is 4.37. The number of hydrogen-bond donors (Lipinski definition) is 1. The van der Waals surface area contributed by atoms with Crippen LogP contribution in [0, 0.1) is 5.92 Å². The van der Waals surface area contributed by atoms with E-state index in [1.54, 1.807) is 0 Å². The van der Waals surface area contributed by atoms with Crippen LogP contribution in [0.3, 0.4) is 0 Å². The summed E-state index contributed by atoms with van der Waals surface area (Å²) in [6.07, 6.45) is 8.75. The Morgan fingerprint density at radius 3 is 2.95 bits per heavy atom. The quantitative estimate of drug-likeness (QED) is 0.794. The van der Waals surface area contributed by atoms with Crippen molar-refractivity contribution >= 4 is 6.03 Å². The average molecular weight is 310 g/mol. The van der Waals surface area contributed by atoms with Crippen LogP contribution >= 0.6 is 0 Å². The summed E-state index contributed by atoms with van der Waals surface area (Å²) < 4.78 is 11.1. The van der Waals surface area contributed by atoms with Crippen molar-refractivity contribution in [3.63, 3.8) is 0 Å². The highest BCUT2D eigenvalue weighted by Gasteiger charge is 2.42. The molecule has 1 saturated carbocycles. The van der Waals surface area contributed by atoms with Crippen LogP contribution in [0.25, 0.3) is 0 Å². The van der Waals surface area contributed by atoms with Crippen molar-refractivity contribution in [2.45, 2.75) is 70.1 Å². The van der Waals surface area contributed by atoms with Gasteiger partial charge >= 0.3 is 6.03 Å². The van der Waals surface area contributed by atoms with Gasteiger partial charge in [0.1, 0.15) is 0 Å². The van der Waals surface area contributed by atoms with Crippen LogP contribution in [0.4, 0.5) is 4.79 Å². The predicted octanol–water partition coefficient (Wildman–Crippen LogP) is 2.54. The van der Waals surface area contributed by atoms with E-state index >= 15 is 0 Å². The fourth-order valence-corrected chi connectivity index (χ4v) is 4.37. The van der Waals surface area contributed by atoms with Crippen LogP contribution in [0.15, 0.2) is 0 Å². The molecule has 22 heavy (non-hydrogen) atoms. The molecule has 1 N–H and O–H groups in total. The van der Waals surface area contributed by atoms with E-state index in [0.29, 0.717) is 31.8 Å². The molecule has 2 saturated heterocycles. The lowest BCUT2D eigenvalue weighted by Gasteiger charge is -2.33. The Bertz CT molecular complexity index is 371. The van der Waals surface area contributed by atoms with Crippen LogP contribution in [0.5, 0.6) is 0 Å². The smallest absolute Gasteiger partial charge is 0.317 e. The number of urea groups is 1. The van der Waals surface area contributed by atoms with E-state index in [0.717, 1.165) is 25.4 Å². The van der Waals surface area contributed by atoms with E-state index in [9.17, 15) is 4.79 Å². The zero-order valence-electron chi connectivity index (χ0n) is 13.8. The van der Waals surface area contributed by atoms with Gasteiger partial charge in [0.05, 0.1) is 19.3 Å². The molecule has 0 aromatic carbocycles. The predicted molar refractivity (Wildman–Crippen MR) is 84.9 cm³/mol. The topological polar surface area (TPSA) is 50.8 Å². The van der Waals surface area contributed by atoms with E-state index in [1.165, 1.54) is 32.1 Å². The largest absolute Gasteiger partial charge is 0.377 e. The molecule has 5 nitrogen and oxygen atoms in total. The van der Waals surface area contributed by atoms with E-state index < -0.39 is 0 Å². The summed E-state index contributed by atoms with van der Waals surface area (Å²) in [6.45, 7) is 4.86. The molecule has 2 amide bonds. The molecular weight excluding hydrogens is 280 g/mol. The number of carbonyl (C=O) groups excluding carboxylic acids is 1. The van der Waals surface area contributed by atoms with E-state index in [-0.39, 0.29) is 12.1 Å². The van der Waals surface area contributed by atoms with Gasteiger partial charge in [-0.05, 0) is 44.9 Å². The van der Waals surface area contributed by atoms with Gasteiger partial charge in [-0.15, -0.1) is 0 Å². The Hall–Kier alpha value is -0.810. The van der Waals surface area contributed by atoms with Gasteiger partial charge in [-0.3, -0.25) is 0 Å². The van der Waals surface area contributed by atoms with Gasteiger partial charge in [0.25, 0.3) is 0 Å². The van der Waals surface area contributed by atoms with Gasteiger partial charge < -0.3 is 19.7 Å². The summed E-state index contributed by atoms with van der Waals surface area (Å²) >= 11 is 0. The van der Waals surface area contributed by atoms with Crippen LogP contribution in [-0.4, -0.2) is 55.5 Å². The van der Waals surface area contributed by atoms with Gasteiger partial charge in [-0.2, -0.15) is 0 Å². The van der Waals surface area contributed by atoms with Gasteiger partial charge in [0.2, 0.25) is 0 Å². The maximum absolute atomic E-state index is 12.5. The molecule has 0 unspecified atom stereocenters. The summed E-state index contributed by atoms with van der Waals surface area (Å²) in [5.74, 6) is 0.727. The number of ether oxygens (including phenoxy) is 2. The van der Waals surface area contributed by atoms with Crippen LogP contribution in [-0.2, 0) is 9.47 Å². The van der Waals surface area contributed by atoms with Crippen LogP contribution in [0.1, 0.15) is 51.9 Å². The molecule has 5 heteroatoms. The zero-order chi connectivity index (χ0) is 15.4. The Balaban J connectivity index is 1.36. The number of nitrogens with one attached hydrogen (secondary N) is 1. The molecule has 0 spiro atoms. The van der Waals surface area contributed by atoms with Crippen molar-refractivity contribution in [3.8, 4) is 0 Å². The van der Waals surface area contributed by atoms with Crippen molar-refractivity contribution in [2.75, 3.05) is 26.4 Å². The fraction of sp³-hybridized carbons (Fsp3) is 0.941. The molecule has 3 fully saturated rings. The van der Waals surface area contributed by atoms with E-state index in [4.69, 9.17) is 9.47 Å². The maximum Gasteiger partial charge on any atom is 0.317 e. The summed E-state index contributed by atoms with van der Waals surface area (Å²) in [5.41, 5.74) is 0. The average Bonchev–Trinajstić information content (AvgIpc) is 3.13. The molecule has 0 radical (unpaired) electrons.